The van der Waals surface area contributed by atoms with Gasteiger partial charge in [0.1, 0.15) is 11.1 Å². The molecule has 0 fully saturated rings. The van der Waals surface area contributed by atoms with E-state index in [1.54, 1.807) is 19.2 Å². The fourth-order valence-corrected chi connectivity index (χ4v) is 4.48. The van der Waals surface area contributed by atoms with E-state index in [4.69, 9.17) is 23.2 Å². The van der Waals surface area contributed by atoms with Crippen LogP contribution in [0.25, 0.3) is 0 Å². The van der Waals surface area contributed by atoms with Crippen LogP contribution in [0.3, 0.4) is 0 Å². The number of methoxy groups -OCH3 is 1. The second kappa shape index (κ2) is 9.34. The summed E-state index contributed by atoms with van der Waals surface area (Å²) in [6.07, 6.45) is -4.97. The van der Waals surface area contributed by atoms with Gasteiger partial charge in [0.15, 0.2) is 0 Å². The molecule has 2 rings (SSSR count). The number of rotatable bonds is 6. The summed E-state index contributed by atoms with van der Waals surface area (Å²) in [4.78, 5) is 25.7. The SMILES string of the molecule is CCc1c(C)sc(N[C@](NC(=O)c2ccc(Cl)cc2Cl)(C(=O)OC)C(F)(F)F)c1C#N. The number of alkyl halides is 3. The first-order chi connectivity index (χ1) is 14.4. The highest BCUT2D eigenvalue weighted by molar-refractivity contribution is 7.16. The van der Waals surface area contributed by atoms with Crippen molar-refractivity contribution in [3.05, 3.63) is 49.8 Å². The van der Waals surface area contributed by atoms with Crippen LogP contribution in [0.15, 0.2) is 18.2 Å². The third-order valence-corrected chi connectivity index (χ3v) is 5.98. The Hall–Kier alpha value is -2.48. The largest absolute Gasteiger partial charge is 0.466 e. The Balaban J connectivity index is 2.64. The first-order valence-electron chi connectivity index (χ1n) is 8.65. The van der Waals surface area contributed by atoms with Gasteiger partial charge in [-0.1, -0.05) is 30.1 Å². The Morgan fingerprint density at radius 1 is 1.29 bits per heavy atom. The summed E-state index contributed by atoms with van der Waals surface area (Å²) in [5.41, 5.74) is -3.55. The van der Waals surface area contributed by atoms with Gasteiger partial charge in [0.2, 0.25) is 0 Å². The molecule has 1 aromatic carbocycles. The molecule has 1 aromatic heterocycles. The van der Waals surface area contributed by atoms with Crippen LogP contribution in [0.5, 0.6) is 0 Å². The first-order valence-corrected chi connectivity index (χ1v) is 10.2. The van der Waals surface area contributed by atoms with Crippen molar-refractivity contribution in [1.82, 2.24) is 5.32 Å². The molecular formula is C19H16Cl2F3N3O3S. The van der Waals surface area contributed by atoms with Gasteiger partial charge in [0, 0.05) is 9.90 Å². The number of thiophene rings is 1. The Bertz CT molecular complexity index is 1070. The predicted molar refractivity (Wildman–Crippen MR) is 112 cm³/mol. The van der Waals surface area contributed by atoms with Gasteiger partial charge < -0.3 is 15.4 Å². The van der Waals surface area contributed by atoms with Gasteiger partial charge in [0.05, 0.1) is 23.3 Å². The summed E-state index contributed by atoms with van der Waals surface area (Å²) < 4.78 is 47.1. The summed E-state index contributed by atoms with van der Waals surface area (Å²) in [7, 11) is 0.744. The number of nitriles is 1. The number of carbonyl (C=O) groups is 2. The lowest BCUT2D eigenvalue weighted by molar-refractivity contribution is -0.203. The highest BCUT2D eigenvalue weighted by Crippen LogP contribution is 2.39. The number of benzene rings is 1. The van der Waals surface area contributed by atoms with E-state index in [9.17, 15) is 28.0 Å². The zero-order valence-electron chi connectivity index (χ0n) is 16.4. The molecule has 0 bridgehead atoms. The third kappa shape index (κ3) is 4.74. The van der Waals surface area contributed by atoms with Crippen LogP contribution >= 0.6 is 34.5 Å². The summed E-state index contributed by atoms with van der Waals surface area (Å²) in [5, 5.41) is 12.9. The fraction of sp³-hybridized carbons (Fsp3) is 0.316. The van der Waals surface area contributed by atoms with E-state index in [1.165, 1.54) is 12.1 Å². The van der Waals surface area contributed by atoms with E-state index in [1.807, 2.05) is 11.4 Å². The van der Waals surface area contributed by atoms with Gasteiger partial charge in [-0.15, -0.1) is 11.3 Å². The van der Waals surface area contributed by atoms with Crippen LogP contribution in [0.4, 0.5) is 18.2 Å². The van der Waals surface area contributed by atoms with Crippen molar-refractivity contribution in [2.24, 2.45) is 0 Å². The van der Waals surface area contributed by atoms with Crippen LogP contribution in [0, 0.1) is 18.3 Å². The van der Waals surface area contributed by atoms with E-state index < -0.39 is 23.7 Å². The Kier molecular flexibility index (Phi) is 7.47. The second-order valence-corrected chi connectivity index (χ2v) is 8.32. The number of esters is 1. The summed E-state index contributed by atoms with van der Waals surface area (Å²) >= 11 is 12.5. The van der Waals surface area contributed by atoms with Crippen molar-refractivity contribution in [3.63, 3.8) is 0 Å². The Morgan fingerprint density at radius 3 is 2.42 bits per heavy atom. The van der Waals surface area contributed by atoms with Crippen molar-refractivity contribution < 1.29 is 27.5 Å². The molecule has 0 aliphatic heterocycles. The first kappa shape index (κ1) is 24.8. The molecule has 0 aliphatic rings. The van der Waals surface area contributed by atoms with E-state index >= 15 is 0 Å². The van der Waals surface area contributed by atoms with Gasteiger partial charge in [-0.25, -0.2) is 4.79 Å². The lowest BCUT2D eigenvalue weighted by atomic mass is 10.1. The van der Waals surface area contributed by atoms with Gasteiger partial charge in [-0.3, -0.25) is 4.79 Å². The molecule has 0 saturated carbocycles. The zero-order chi connectivity index (χ0) is 23.6. The number of amides is 1. The van der Waals surface area contributed by atoms with Crippen LogP contribution in [-0.2, 0) is 16.0 Å². The number of nitrogens with zero attached hydrogens (tertiary/aromatic N) is 1. The number of hydrogen-bond donors (Lipinski definition) is 2. The molecule has 1 amide bonds. The molecule has 12 heteroatoms. The molecule has 2 N–H and O–H groups in total. The van der Waals surface area contributed by atoms with Crippen molar-refractivity contribution in [2.45, 2.75) is 32.1 Å². The van der Waals surface area contributed by atoms with E-state index in [-0.39, 0.29) is 26.2 Å². The summed E-state index contributed by atoms with van der Waals surface area (Å²) in [6.45, 7) is 3.37. The number of hydrogen-bond acceptors (Lipinski definition) is 6. The quantitative estimate of drug-likeness (QED) is 0.432. The van der Waals surface area contributed by atoms with Gasteiger partial charge in [-0.05, 0) is 37.1 Å². The maximum absolute atomic E-state index is 14.3. The maximum atomic E-state index is 14.3. The average molecular weight is 494 g/mol. The molecule has 2 aromatic rings. The van der Waals surface area contributed by atoms with Gasteiger partial charge >= 0.3 is 17.8 Å². The van der Waals surface area contributed by atoms with Crippen molar-refractivity contribution in [2.75, 3.05) is 12.4 Å². The third-order valence-electron chi connectivity index (χ3n) is 4.37. The molecule has 1 atom stereocenters. The Labute approximate surface area is 189 Å². The lowest BCUT2D eigenvalue weighted by Crippen LogP contribution is -2.69. The molecule has 0 radical (unpaired) electrons. The van der Waals surface area contributed by atoms with Crippen LogP contribution in [0.2, 0.25) is 10.0 Å². The van der Waals surface area contributed by atoms with Crippen molar-refractivity contribution >= 4 is 51.4 Å². The number of halogens is 5. The van der Waals surface area contributed by atoms with Crippen molar-refractivity contribution in [1.29, 1.82) is 5.26 Å². The van der Waals surface area contributed by atoms with Crippen molar-refractivity contribution in [3.8, 4) is 6.07 Å². The molecule has 0 aliphatic carbocycles. The van der Waals surface area contributed by atoms with E-state index in [2.05, 4.69) is 4.74 Å². The van der Waals surface area contributed by atoms with Crippen LogP contribution < -0.4 is 10.6 Å². The van der Waals surface area contributed by atoms with Gasteiger partial charge in [-0.2, -0.15) is 18.4 Å². The predicted octanol–water partition coefficient (Wildman–Crippen LogP) is 5.07. The van der Waals surface area contributed by atoms with Crippen LogP contribution in [-0.4, -0.2) is 30.8 Å². The minimum Gasteiger partial charge on any atom is -0.466 e. The molecule has 31 heavy (non-hydrogen) atoms. The monoisotopic (exact) mass is 493 g/mol. The molecule has 0 unspecified atom stereocenters. The number of nitrogens with one attached hydrogen (secondary N) is 2. The highest BCUT2D eigenvalue weighted by Gasteiger charge is 2.64. The van der Waals surface area contributed by atoms with Crippen LogP contribution in [0.1, 0.15) is 33.3 Å². The maximum Gasteiger partial charge on any atom is 0.441 e. The minimum atomic E-state index is -5.36. The summed E-state index contributed by atoms with van der Waals surface area (Å²) in [6, 6.07) is 5.39. The van der Waals surface area contributed by atoms with E-state index in [0.717, 1.165) is 24.5 Å². The molecule has 0 saturated heterocycles. The number of anilines is 1. The average Bonchev–Trinajstić information content (AvgIpc) is 2.99. The molecule has 0 spiro atoms. The topological polar surface area (TPSA) is 91.2 Å². The number of ether oxygens (including phenoxy) is 1. The highest BCUT2D eigenvalue weighted by atomic mass is 35.5. The number of aryl methyl sites for hydroxylation is 1. The second-order valence-electron chi connectivity index (χ2n) is 6.25. The number of carbonyl (C=O) groups excluding carboxylic acids is 2. The lowest BCUT2D eigenvalue weighted by Gasteiger charge is -2.34. The smallest absolute Gasteiger partial charge is 0.441 e. The van der Waals surface area contributed by atoms with Gasteiger partial charge in [0.25, 0.3) is 5.91 Å². The normalized spacial score (nSPS) is 13.1. The molecule has 166 valence electrons. The minimum absolute atomic E-state index is 0.0543. The van der Waals surface area contributed by atoms with E-state index in [0.29, 0.717) is 16.9 Å². The Morgan fingerprint density at radius 2 is 1.94 bits per heavy atom. The zero-order valence-corrected chi connectivity index (χ0v) is 18.7. The molecular weight excluding hydrogens is 478 g/mol. The standard InChI is InChI=1S/C19H16Cl2F3N3O3S/c1-4-11-9(2)31-16(13(11)8-25)27-18(17(29)30-3,19(22,23)24)26-15(28)12-6-5-10(20)7-14(12)21/h5-7,27H,4H2,1-3H3,(H,26,28)/t18-/m1/s1. The summed E-state index contributed by atoms with van der Waals surface area (Å²) in [5.74, 6) is -3.13. The molecule has 6 nitrogen and oxygen atoms in total. The molecule has 1 heterocycles. The fourth-order valence-electron chi connectivity index (χ4n) is 2.84.